The summed E-state index contributed by atoms with van der Waals surface area (Å²) >= 11 is 0. The lowest BCUT2D eigenvalue weighted by Crippen LogP contribution is -2.19. The van der Waals surface area contributed by atoms with Gasteiger partial charge in [-0.1, -0.05) is 0 Å². The Kier molecular flexibility index (Phi) is 5.61. The molecule has 1 aliphatic carbocycles. The summed E-state index contributed by atoms with van der Waals surface area (Å²) in [5.74, 6) is 0.712. The highest BCUT2D eigenvalue weighted by atomic mass is 16.5. The number of hydrogen-bond acceptors (Lipinski definition) is 4. The van der Waals surface area contributed by atoms with Gasteiger partial charge in [0.1, 0.15) is 11.4 Å². The monoisotopic (exact) mass is 408 g/mol. The number of aromatic amines is 1. The van der Waals surface area contributed by atoms with Crippen molar-refractivity contribution < 1.29 is 9.53 Å². The number of anilines is 1. The molecule has 1 fully saturated rings. The predicted octanol–water partition coefficient (Wildman–Crippen LogP) is 3.77. The average molecular weight is 409 g/mol. The normalized spacial score (nSPS) is 14.4. The second-order valence-electron chi connectivity index (χ2n) is 8.09. The number of H-pyrrole nitrogens is 1. The van der Waals surface area contributed by atoms with Crippen molar-refractivity contribution in [2.75, 3.05) is 5.32 Å². The SMILES string of the molecule is Cc1nn(C)c2[nH]c(=O)c(CCC(=O)Nc3ccc(OC4CCCC4)cc3)c(C)c12. The summed E-state index contributed by atoms with van der Waals surface area (Å²) < 4.78 is 7.63. The van der Waals surface area contributed by atoms with E-state index >= 15 is 0 Å². The van der Waals surface area contributed by atoms with Crippen molar-refractivity contribution in [1.82, 2.24) is 14.8 Å². The lowest BCUT2D eigenvalue weighted by Gasteiger charge is -2.13. The second-order valence-corrected chi connectivity index (χ2v) is 8.09. The Balaban J connectivity index is 1.39. The van der Waals surface area contributed by atoms with E-state index in [2.05, 4.69) is 15.4 Å². The quantitative estimate of drug-likeness (QED) is 0.650. The highest BCUT2D eigenvalue weighted by molar-refractivity contribution is 5.91. The zero-order valence-corrected chi connectivity index (χ0v) is 17.7. The van der Waals surface area contributed by atoms with E-state index in [4.69, 9.17) is 4.74 Å². The number of nitrogens with one attached hydrogen (secondary N) is 2. The maximum Gasteiger partial charge on any atom is 0.253 e. The van der Waals surface area contributed by atoms with Crippen molar-refractivity contribution in [1.29, 1.82) is 0 Å². The van der Waals surface area contributed by atoms with E-state index < -0.39 is 0 Å². The Hall–Kier alpha value is -3.09. The molecule has 0 atom stereocenters. The molecular weight excluding hydrogens is 380 g/mol. The van der Waals surface area contributed by atoms with Crippen LogP contribution in [0.25, 0.3) is 11.0 Å². The number of aryl methyl sites for hydroxylation is 3. The first-order chi connectivity index (χ1) is 14.4. The molecule has 7 heteroatoms. The highest BCUT2D eigenvalue weighted by Gasteiger charge is 2.17. The van der Waals surface area contributed by atoms with E-state index in [0.29, 0.717) is 23.7 Å². The summed E-state index contributed by atoms with van der Waals surface area (Å²) in [6.45, 7) is 3.84. The van der Waals surface area contributed by atoms with Gasteiger partial charge in [-0.25, -0.2) is 0 Å². The largest absolute Gasteiger partial charge is 0.490 e. The number of rotatable bonds is 6. The molecule has 1 aliphatic rings. The van der Waals surface area contributed by atoms with E-state index in [1.165, 1.54) is 12.8 Å². The number of amides is 1. The van der Waals surface area contributed by atoms with Gasteiger partial charge in [-0.2, -0.15) is 5.10 Å². The van der Waals surface area contributed by atoms with Crippen molar-refractivity contribution in [3.05, 3.63) is 51.4 Å². The number of aromatic nitrogens is 3. The number of nitrogens with zero attached hydrogens (tertiary/aromatic N) is 2. The van der Waals surface area contributed by atoms with Crippen LogP contribution in [0.15, 0.2) is 29.1 Å². The minimum absolute atomic E-state index is 0.124. The van der Waals surface area contributed by atoms with Crippen LogP contribution >= 0.6 is 0 Å². The molecule has 1 amide bonds. The molecule has 4 rings (SSSR count). The molecule has 1 aromatic carbocycles. The van der Waals surface area contributed by atoms with Gasteiger partial charge < -0.3 is 15.0 Å². The fourth-order valence-electron chi connectivity index (χ4n) is 4.33. The van der Waals surface area contributed by atoms with Crippen molar-refractivity contribution in [3.8, 4) is 5.75 Å². The molecular formula is C23H28N4O3. The third-order valence-corrected chi connectivity index (χ3v) is 5.90. The topological polar surface area (TPSA) is 89.0 Å². The molecule has 0 radical (unpaired) electrons. The number of carbonyl (C=O) groups is 1. The summed E-state index contributed by atoms with van der Waals surface area (Å²) in [4.78, 5) is 27.9. The van der Waals surface area contributed by atoms with Crippen LogP contribution in [-0.4, -0.2) is 26.8 Å². The summed E-state index contributed by atoms with van der Waals surface area (Å²) in [7, 11) is 1.81. The Bertz CT molecular complexity index is 1120. The Morgan fingerprint density at radius 3 is 2.63 bits per heavy atom. The molecule has 30 heavy (non-hydrogen) atoms. The molecule has 0 unspecified atom stereocenters. The van der Waals surface area contributed by atoms with Crippen LogP contribution in [-0.2, 0) is 18.3 Å². The Morgan fingerprint density at radius 1 is 1.23 bits per heavy atom. The van der Waals surface area contributed by atoms with Crippen LogP contribution in [0.5, 0.6) is 5.75 Å². The first-order valence-corrected chi connectivity index (χ1v) is 10.5. The van der Waals surface area contributed by atoms with Gasteiger partial charge in [-0.05, 0) is 75.8 Å². The minimum atomic E-state index is -0.163. The van der Waals surface area contributed by atoms with Crippen molar-refractivity contribution in [2.45, 2.75) is 58.5 Å². The van der Waals surface area contributed by atoms with Gasteiger partial charge in [0.25, 0.3) is 5.56 Å². The first-order valence-electron chi connectivity index (χ1n) is 10.5. The van der Waals surface area contributed by atoms with Gasteiger partial charge in [0.2, 0.25) is 5.91 Å². The summed E-state index contributed by atoms with van der Waals surface area (Å²) in [6, 6.07) is 7.49. The van der Waals surface area contributed by atoms with Gasteiger partial charge in [0, 0.05) is 30.1 Å². The fourth-order valence-corrected chi connectivity index (χ4v) is 4.33. The maximum absolute atomic E-state index is 12.5. The molecule has 0 bridgehead atoms. The van der Waals surface area contributed by atoms with Crippen molar-refractivity contribution in [3.63, 3.8) is 0 Å². The summed E-state index contributed by atoms with van der Waals surface area (Å²) in [5, 5.41) is 8.23. The van der Waals surface area contributed by atoms with Crippen molar-refractivity contribution in [2.24, 2.45) is 7.05 Å². The van der Waals surface area contributed by atoms with Gasteiger partial charge in [0.15, 0.2) is 0 Å². The number of hydrogen-bond donors (Lipinski definition) is 2. The molecule has 3 aromatic rings. The third-order valence-electron chi connectivity index (χ3n) is 5.90. The summed E-state index contributed by atoms with van der Waals surface area (Å²) in [6.07, 6.45) is 5.61. The molecule has 7 nitrogen and oxygen atoms in total. The fraction of sp³-hybridized carbons (Fsp3) is 0.435. The standard InChI is InChI=1S/C23H28N4O3/c1-14-19(23(29)25-22-21(14)15(2)26-27(22)3)12-13-20(28)24-16-8-10-18(11-9-16)30-17-6-4-5-7-17/h8-11,17H,4-7,12-13H2,1-3H3,(H,24,28)(H,25,29). The number of pyridine rings is 1. The van der Waals surface area contributed by atoms with E-state index in [1.54, 1.807) is 4.68 Å². The number of fused-ring (bicyclic) bond motifs is 1. The Morgan fingerprint density at radius 2 is 1.93 bits per heavy atom. The zero-order chi connectivity index (χ0) is 21.3. The Labute approximate surface area is 175 Å². The highest BCUT2D eigenvalue weighted by Crippen LogP contribution is 2.25. The average Bonchev–Trinajstić information content (AvgIpc) is 3.31. The number of ether oxygens (including phenoxy) is 1. The molecule has 1 saturated carbocycles. The van der Waals surface area contributed by atoms with Crippen molar-refractivity contribution >= 4 is 22.6 Å². The number of carbonyl (C=O) groups excluding carboxylic acids is 1. The van der Waals surface area contributed by atoms with Crippen LogP contribution in [0.3, 0.4) is 0 Å². The van der Waals surface area contributed by atoms with E-state index in [-0.39, 0.29) is 17.9 Å². The molecule has 0 saturated heterocycles. The molecule has 0 aliphatic heterocycles. The second kappa shape index (κ2) is 8.34. The molecule has 2 N–H and O–H groups in total. The molecule has 0 spiro atoms. The minimum Gasteiger partial charge on any atom is -0.490 e. The maximum atomic E-state index is 12.5. The van der Waals surface area contributed by atoms with Crippen LogP contribution in [0, 0.1) is 13.8 Å². The molecule has 158 valence electrons. The molecule has 2 heterocycles. The third kappa shape index (κ3) is 4.10. The van der Waals surface area contributed by atoms with Gasteiger partial charge in [-0.3, -0.25) is 14.3 Å². The lowest BCUT2D eigenvalue weighted by atomic mass is 10.0. The van der Waals surface area contributed by atoms with Crippen LogP contribution in [0.2, 0.25) is 0 Å². The van der Waals surface area contributed by atoms with Crippen LogP contribution < -0.4 is 15.6 Å². The lowest BCUT2D eigenvalue weighted by molar-refractivity contribution is -0.116. The molecule has 2 aromatic heterocycles. The predicted molar refractivity (Wildman–Crippen MR) is 117 cm³/mol. The van der Waals surface area contributed by atoms with E-state index in [1.807, 2.05) is 45.2 Å². The van der Waals surface area contributed by atoms with Gasteiger partial charge >= 0.3 is 0 Å². The van der Waals surface area contributed by atoms with Crippen LogP contribution in [0.1, 0.15) is 48.9 Å². The smallest absolute Gasteiger partial charge is 0.253 e. The van der Waals surface area contributed by atoms with Crippen LogP contribution in [0.4, 0.5) is 5.69 Å². The van der Waals surface area contributed by atoms with E-state index in [0.717, 1.165) is 40.9 Å². The van der Waals surface area contributed by atoms with Gasteiger partial charge in [-0.15, -0.1) is 0 Å². The zero-order valence-electron chi connectivity index (χ0n) is 17.7. The number of benzene rings is 1. The van der Waals surface area contributed by atoms with E-state index in [9.17, 15) is 9.59 Å². The first kappa shape index (κ1) is 20.2. The van der Waals surface area contributed by atoms with Gasteiger partial charge in [0.05, 0.1) is 11.8 Å². The summed E-state index contributed by atoms with van der Waals surface area (Å²) in [5.41, 5.74) is 3.66.